The van der Waals surface area contributed by atoms with Gasteiger partial charge in [-0.25, -0.2) is 0 Å². The lowest BCUT2D eigenvalue weighted by molar-refractivity contribution is 0.114. The molecule has 0 aromatic heterocycles. The first-order valence-corrected chi connectivity index (χ1v) is 7.60. The SMILES string of the molecule is c1ccc2c(c1)OCOc1ccccc1SCS2. The fourth-order valence-corrected chi connectivity index (χ4v) is 3.83. The Morgan fingerprint density at radius 3 is 1.78 bits per heavy atom. The third kappa shape index (κ3) is 2.60. The number of fused-ring (bicyclic) bond motifs is 2. The smallest absolute Gasteiger partial charge is 0.231 e. The fourth-order valence-electron chi connectivity index (χ4n) is 1.69. The Morgan fingerprint density at radius 1 is 0.722 bits per heavy atom. The van der Waals surface area contributed by atoms with Gasteiger partial charge in [0.15, 0.2) is 0 Å². The monoisotopic (exact) mass is 276 g/mol. The van der Waals surface area contributed by atoms with E-state index in [0.29, 0.717) is 0 Å². The van der Waals surface area contributed by atoms with E-state index in [9.17, 15) is 0 Å². The first kappa shape index (κ1) is 11.8. The van der Waals surface area contributed by atoms with E-state index in [4.69, 9.17) is 9.47 Å². The van der Waals surface area contributed by atoms with Crippen LogP contribution in [0.4, 0.5) is 0 Å². The van der Waals surface area contributed by atoms with Gasteiger partial charge in [-0.2, -0.15) is 0 Å². The van der Waals surface area contributed by atoms with Crippen LogP contribution in [-0.4, -0.2) is 11.9 Å². The zero-order valence-corrected chi connectivity index (χ0v) is 11.3. The highest BCUT2D eigenvalue weighted by Gasteiger charge is 2.09. The molecule has 0 spiro atoms. The van der Waals surface area contributed by atoms with E-state index in [1.807, 2.05) is 36.4 Å². The molecular formula is C14H12O2S2. The molecule has 92 valence electrons. The summed E-state index contributed by atoms with van der Waals surface area (Å²) in [6.07, 6.45) is 0. The van der Waals surface area contributed by atoms with Crippen molar-refractivity contribution >= 4 is 23.5 Å². The third-order valence-corrected chi connectivity index (χ3v) is 4.80. The van der Waals surface area contributed by atoms with E-state index >= 15 is 0 Å². The first-order valence-electron chi connectivity index (χ1n) is 5.63. The van der Waals surface area contributed by atoms with Gasteiger partial charge in [0.2, 0.25) is 6.79 Å². The van der Waals surface area contributed by atoms with Gasteiger partial charge >= 0.3 is 0 Å². The zero-order valence-electron chi connectivity index (χ0n) is 9.67. The van der Waals surface area contributed by atoms with Crippen LogP contribution in [0.1, 0.15) is 0 Å². The topological polar surface area (TPSA) is 18.5 Å². The molecule has 0 radical (unpaired) electrons. The van der Waals surface area contributed by atoms with Crippen molar-refractivity contribution in [1.29, 1.82) is 0 Å². The molecule has 0 N–H and O–H groups in total. The molecule has 0 amide bonds. The summed E-state index contributed by atoms with van der Waals surface area (Å²) in [5.74, 6) is 1.78. The third-order valence-electron chi connectivity index (χ3n) is 2.56. The van der Waals surface area contributed by atoms with Crippen molar-refractivity contribution in [2.75, 3.05) is 11.9 Å². The quantitative estimate of drug-likeness (QED) is 0.715. The summed E-state index contributed by atoms with van der Waals surface area (Å²) in [4.78, 5) is 2.32. The highest BCUT2D eigenvalue weighted by Crippen LogP contribution is 2.37. The van der Waals surface area contributed by atoms with Crippen molar-refractivity contribution in [3.05, 3.63) is 48.5 Å². The van der Waals surface area contributed by atoms with Crippen LogP contribution in [0.25, 0.3) is 0 Å². The van der Waals surface area contributed by atoms with E-state index in [0.717, 1.165) is 26.4 Å². The lowest BCUT2D eigenvalue weighted by Crippen LogP contribution is -2.07. The Balaban J connectivity index is 1.85. The van der Waals surface area contributed by atoms with Crippen LogP contribution in [0.3, 0.4) is 0 Å². The molecule has 0 fully saturated rings. The second-order valence-electron chi connectivity index (χ2n) is 3.71. The fraction of sp³-hybridized carbons (Fsp3) is 0.143. The van der Waals surface area contributed by atoms with Crippen LogP contribution in [-0.2, 0) is 0 Å². The van der Waals surface area contributed by atoms with Crippen molar-refractivity contribution in [2.24, 2.45) is 0 Å². The minimum absolute atomic E-state index is 0.245. The molecule has 0 unspecified atom stereocenters. The molecule has 4 heteroatoms. The molecule has 1 aliphatic rings. The van der Waals surface area contributed by atoms with Gasteiger partial charge in [-0.3, -0.25) is 0 Å². The maximum atomic E-state index is 5.67. The van der Waals surface area contributed by atoms with Crippen molar-refractivity contribution in [3.8, 4) is 11.5 Å². The van der Waals surface area contributed by atoms with Crippen LogP contribution in [0, 0.1) is 0 Å². The van der Waals surface area contributed by atoms with Crippen molar-refractivity contribution in [2.45, 2.75) is 9.79 Å². The maximum absolute atomic E-state index is 5.67. The average molecular weight is 276 g/mol. The number of rotatable bonds is 0. The highest BCUT2D eigenvalue weighted by atomic mass is 32.2. The molecule has 2 aromatic rings. The van der Waals surface area contributed by atoms with Crippen molar-refractivity contribution < 1.29 is 9.47 Å². The summed E-state index contributed by atoms with van der Waals surface area (Å²) in [5, 5.41) is 0.945. The number of para-hydroxylation sites is 2. The molecular weight excluding hydrogens is 264 g/mol. The lowest BCUT2D eigenvalue weighted by atomic mass is 10.3. The van der Waals surface area contributed by atoms with E-state index in [1.54, 1.807) is 23.5 Å². The Labute approximate surface area is 115 Å². The molecule has 2 nitrogen and oxygen atoms in total. The van der Waals surface area contributed by atoms with Crippen molar-refractivity contribution in [1.82, 2.24) is 0 Å². The Hall–Kier alpha value is -1.26. The van der Waals surface area contributed by atoms with Gasteiger partial charge in [-0.05, 0) is 24.3 Å². The normalized spacial score (nSPS) is 14.7. The van der Waals surface area contributed by atoms with Gasteiger partial charge in [-0.1, -0.05) is 24.3 Å². The van der Waals surface area contributed by atoms with Crippen LogP contribution >= 0.6 is 23.5 Å². The van der Waals surface area contributed by atoms with Crippen molar-refractivity contribution in [3.63, 3.8) is 0 Å². The summed E-state index contributed by atoms with van der Waals surface area (Å²) in [6.45, 7) is 0.245. The standard InChI is InChI=1S/C14H12O2S2/c1-3-7-13-11(5-1)15-9-16-12-6-2-4-8-14(12)18-10-17-13/h1-8H,9-10H2. The summed E-state index contributed by atoms with van der Waals surface area (Å²) >= 11 is 3.58. The largest absolute Gasteiger partial charge is 0.456 e. The number of hydrogen-bond donors (Lipinski definition) is 0. The van der Waals surface area contributed by atoms with E-state index in [1.165, 1.54) is 0 Å². The molecule has 0 aliphatic carbocycles. The van der Waals surface area contributed by atoms with E-state index < -0.39 is 0 Å². The molecule has 0 bridgehead atoms. The number of benzene rings is 2. The predicted molar refractivity (Wildman–Crippen MR) is 75.6 cm³/mol. The van der Waals surface area contributed by atoms with E-state index in [2.05, 4.69) is 12.1 Å². The highest BCUT2D eigenvalue weighted by molar-refractivity contribution is 8.16. The molecule has 18 heavy (non-hydrogen) atoms. The molecule has 3 rings (SSSR count). The Morgan fingerprint density at radius 2 is 1.22 bits per heavy atom. The summed E-state index contributed by atoms with van der Waals surface area (Å²) < 4.78 is 11.3. The van der Waals surface area contributed by atoms with Gasteiger partial charge in [-0.15, -0.1) is 23.5 Å². The minimum atomic E-state index is 0.245. The number of hydrogen-bond acceptors (Lipinski definition) is 4. The molecule has 1 aliphatic heterocycles. The van der Waals surface area contributed by atoms with Crippen LogP contribution in [0.5, 0.6) is 11.5 Å². The summed E-state index contributed by atoms with van der Waals surface area (Å²) in [5.41, 5.74) is 0. The van der Waals surface area contributed by atoms with Crippen LogP contribution in [0.15, 0.2) is 58.3 Å². The molecule has 1 heterocycles. The molecule has 0 atom stereocenters. The minimum Gasteiger partial charge on any atom is -0.456 e. The average Bonchev–Trinajstić information content (AvgIpc) is 2.43. The maximum Gasteiger partial charge on any atom is 0.231 e. The zero-order chi connectivity index (χ0) is 12.2. The van der Waals surface area contributed by atoms with E-state index in [-0.39, 0.29) is 6.79 Å². The molecule has 0 saturated heterocycles. The summed E-state index contributed by atoms with van der Waals surface area (Å²) in [6, 6.07) is 16.1. The Kier molecular flexibility index (Phi) is 3.67. The van der Waals surface area contributed by atoms with Gasteiger partial charge in [0.05, 0.1) is 9.79 Å². The molecule has 2 aromatic carbocycles. The lowest BCUT2D eigenvalue weighted by Gasteiger charge is -2.16. The van der Waals surface area contributed by atoms with Gasteiger partial charge in [0, 0.05) is 5.08 Å². The summed E-state index contributed by atoms with van der Waals surface area (Å²) in [7, 11) is 0. The number of ether oxygens (including phenoxy) is 2. The first-order chi connectivity index (χ1) is 8.93. The number of thioether (sulfide) groups is 2. The predicted octanol–water partition coefficient (Wildman–Crippen LogP) is 4.26. The van der Waals surface area contributed by atoms with Gasteiger partial charge in [0.1, 0.15) is 11.5 Å². The van der Waals surface area contributed by atoms with Crippen LogP contribution < -0.4 is 9.47 Å². The molecule has 0 saturated carbocycles. The Bertz CT molecular complexity index is 447. The van der Waals surface area contributed by atoms with Crippen LogP contribution in [0.2, 0.25) is 0 Å². The second kappa shape index (κ2) is 5.59. The van der Waals surface area contributed by atoms with Gasteiger partial charge in [0.25, 0.3) is 0 Å². The second-order valence-corrected chi connectivity index (χ2v) is 6.11. The van der Waals surface area contributed by atoms with Gasteiger partial charge < -0.3 is 9.47 Å².